The third-order valence-corrected chi connectivity index (χ3v) is 6.66. The van der Waals surface area contributed by atoms with Crippen molar-refractivity contribution in [2.45, 2.75) is 24.8 Å². The summed E-state index contributed by atoms with van der Waals surface area (Å²) in [6, 6.07) is 20.2. The van der Waals surface area contributed by atoms with Crippen LogP contribution < -0.4 is 0 Å². The summed E-state index contributed by atoms with van der Waals surface area (Å²) < 4.78 is 1.98. The SMILES string of the molecule is OC[C@@H]1C[C@H](Cn2cnc3c(Cl)ncnc32)c2nc(-c3ccccc3)c(-c3ccccc3)nc21. The number of halogens is 1. The van der Waals surface area contributed by atoms with Gasteiger partial charge < -0.3 is 9.67 Å². The Labute approximate surface area is 201 Å². The number of hydrogen-bond acceptors (Lipinski definition) is 6. The first-order valence-electron chi connectivity index (χ1n) is 11.2. The van der Waals surface area contributed by atoms with Gasteiger partial charge in [0, 0.05) is 29.5 Å². The van der Waals surface area contributed by atoms with Gasteiger partial charge in [-0.15, -0.1) is 0 Å². The number of aliphatic hydroxyl groups excluding tert-OH is 1. The first-order chi connectivity index (χ1) is 16.7. The highest BCUT2D eigenvalue weighted by Crippen LogP contribution is 2.43. The summed E-state index contributed by atoms with van der Waals surface area (Å²) in [4.78, 5) is 23.1. The topological polar surface area (TPSA) is 89.6 Å². The summed E-state index contributed by atoms with van der Waals surface area (Å²) in [7, 11) is 0. The van der Waals surface area contributed by atoms with Crippen LogP contribution >= 0.6 is 11.6 Å². The molecule has 0 bridgehead atoms. The minimum absolute atomic E-state index is 0.0236. The van der Waals surface area contributed by atoms with Gasteiger partial charge in [-0.05, 0) is 6.42 Å². The number of aliphatic hydroxyl groups is 1. The molecule has 7 nitrogen and oxygen atoms in total. The summed E-state index contributed by atoms with van der Waals surface area (Å²) in [5.41, 5.74) is 6.73. The molecule has 2 aromatic carbocycles. The highest BCUT2D eigenvalue weighted by Gasteiger charge is 2.35. The molecule has 1 N–H and O–H groups in total. The Balaban J connectivity index is 1.49. The van der Waals surface area contributed by atoms with E-state index in [-0.39, 0.29) is 18.4 Å². The number of benzene rings is 2. The molecule has 0 radical (unpaired) electrons. The molecule has 3 aromatic heterocycles. The third-order valence-electron chi connectivity index (χ3n) is 6.38. The first kappa shape index (κ1) is 20.9. The molecule has 5 aromatic rings. The quantitative estimate of drug-likeness (QED) is 0.370. The van der Waals surface area contributed by atoms with E-state index in [4.69, 9.17) is 21.6 Å². The van der Waals surface area contributed by atoms with Crippen LogP contribution in [-0.4, -0.2) is 41.2 Å². The summed E-state index contributed by atoms with van der Waals surface area (Å²) in [6.07, 6.45) is 3.93. The van der Waals surface area contributed by atoms with Crippen molar-refractivity contribution in [2.24, 2.45) is 0 Å². The fourth-order valence-corrected chi connectivity index (χ4v) is 4.95. The maximum absolute atomic E-state index is 10.2. The Morgan fingerprint density at radius 1 is 0.824 bits per heavy atom. The van der Waals surface area contributed by atoms with E-state index in [1.54, 1.807) is 6.33 Å². The van der Waals surface area contributed by atoms with E-state index in [9.17, 15) is 5.11 Å². The van der Waals surface area contributed by atoms with Gasteiger partial charge in [0.1, 0.15) is 11.8 Å². The van der Waals surface area contributed by atoms with Crippen molar-refractivity contribution in [3.8, 4) is 22.5 Å². The zero-order valence-corrected chi connectivity index (χ0v) is 19.0. The minimum atomic E-state index is -0.0761. The number of nitrogens with zero attached hydrogens (tertiary/aromatic N) is 6. The molecule has 34 heavy (non-hydrogen) atoms. The lowest BCUT2D eigenvalue weighted by Crippen LogP contribution is -2.09. The normalized spacial score (nSPS) is 17.2. The number of rotatable bonds is 5. The molecule has 168 valence electrons. The van der Waals surface area contributed by atoms with Gasteiger partial charge in [-0.1, -0.05) is 72.3 Å². The fourth-order valence-electron chi connectivity index (χ4n) is 4.77. The summed E-state index contributed by atoms with van der Waals surface area (Å²) >= 11 is 6.20. The van der Waals surface area contributed by atoms with Crippen molar-refractivity contribution < 1.29 is 5.11 Å². The lowest BCUT2D eigenvalue weighted by Gasteiger charge is -2.15. The lowest BCUT2D eigenvalue weighted by atomic mass is 10.0. The Bertz CT molecular complexity index is 1470. The molecule has 0 fully saturated rings. The van der Waals surface area contributed by atoms with Crippen molar-refractivity contribution in [2.75, 3.05) is 6.61 Å². The average Bonchev–Trinajstić information content (AvgIpc) is 3.46. The predicted molar refractivity (Wildman–Crippen MR) is 130 cm³/mol. The molecule has 0 saturated carbocycles. The number of aromatic nitrogens is 6. The molecule has 0 unspecified atom stereocenters. The van der Waals surface area contributed by atoms with Gasteiger partial charge in [-0.25, -0.2) is 24.9 Å². The van der Waals surface area contributed by atoms with Crippen LogP contribution in [0, 0.1) is 0 Å². The summed E-state index contributed by atoms with van der Waals surface area (Å²) in [5, 5.41) is 10.5. The van der Waals surface area contributed by atoms with Gasteiger partial charge in [0.25, 0.3) is 0 Å². The molecular formula is C26H21ClN6O. The molecule has 1 aliphatic carbocycles. The van der Waals surface area contributed by atoms with Crippen LogP contribution in [0.4, 0.5) is 0 Å². The van der Waals surface area contributed by atoms with E-state index in [0.717, 1.165) is 40.3 Å². The van der Waals surface area contributed by atoms with E-state index in [0.29, 0.717) is 22.9 Å². The second kappa shape index (κ2) is 8.59. The van der Waals surface area contributed by atoms with Crippen LogP contribution in [0.5, 0.6) is 0 Å². The predicted octanol–water partition coefficient (Wildman–Crippen LogP) is 4.87. The molecule has 3 heterocycles. The van der Waals surface area contributed by atoms with Gasteiger partial charge in [-0.3, -0.25) is 0 Å². The van der Waals surface area contributed by atoms with Crippen LogP contribution in [0.15, 0.2) is 73.3 Å². The average molecular weight is 469 g/mol. The monoisotopic (exact) mass is 468 g/mol. The summed E-state index contributed by atoms with van der Waals surface area (Å²) in [5.74, 6) is -0.0224. The molecule has 0 aliphatic heterocycles. The van der Waals surface area contributed by atoms with Crippen molar-refractivity contribution in [3.63, 3.8) is 0 Å². The smallest absolute Gasteiger partial charge is 0.164 e. The van der Waals surface area contributed by atoms with Gasteiger partial charge >= 0.3 is 0 Å². The molecule has 8 heteroatoms. The zero-order valence-electron chi connectivity index (χ0n) is 18.2. The molecule has 6 rings (SSSR count). The highest BCUT2D eigenvalue weighted by atomic mass is 35.5. The van der Waals surface area contributed by atoms with E-state index in [1.165, 1.54) is 6.33 Å². The third kappa shape index (κ3) is 3.54. The Hall–Kier alpha value is -3.68. The lowest BCUT2D eigenvalue weighted by molar-refractivity contribution is 0.258. The van der Waals surface area contributed by atoms with E-state index in [2.05, 4.69) is 27.1 Å². The van der Waals surface area contributed by atoms with Crippen molar-refractivity contribution in [3.05, 3.63) is 89.9 Å². The Kier molecular flexibility index (Phi) is 5.28. The first-order valence-corrected chi connectivity index (χ1v) is 11.6. The number of fused-ring (bicyclic) bond motifs is 2. The molecule has 0 amide bonds. The highest BCUT2D eigenvalue weighted by molar-refractivity contribution is 6.33. The Morgan fingerprint density at radius 3 is 2.06 bits per heavy atom. The molecule has 0 spiro atoms. The second-order valence-corrected chi connectivity index (χ2v) is 8.83. The van der Waals surface area contributed by atoms with Gasteiger partial charge in [-0.2, -0.15) is 0 Å². The molecule has 2 atom stereocenters. The van der Waals surface area contributed by atoms with E-state index >= 15 is 0 Å². The van der Waals surface area contributed by atoms with Crippen LogP contribution in [0.1, 0.15) is 29.6 Å². The number of imidazole rings is 1. The van der Waals surface area contributed by atoms with E-state index < -0.39 is 0 Å². The zero-order chi connectivity index (χ0) is 23.1. The molecule has 0 saturated heterocycles. The van der Waals surface area contributed by atoms with Crippen LogP contribution in [0.25, 0.3) is 33.7 Å². The maximum Gasteiger partial charge on any atom is 0.164 e. The molecular weight excluding hydrogens is 448 g/mol. The van der Waals surface area contributed by atoms with Gasteiger partial charge in [0.15, 0.2) is 10.8 Å². The van der Waals surface area contributed by atoms with Gasteiger partial charge in [0.05, 0.1) is 35.7 Å². The molecule has 1 aliphatic rings. The Morgan fingerprint density at radius 2 is 1.44 bits per heavy atom. The summed E-state index contributed by atoms with van der Waals surface area (Å²) in [6.45, 7) is 0.636. The maximum atomic E-state index is 10.2. The standard InChI is InChI=1S/C26H21ClN6O/c27-25-24-26(29-14-28-25)33(15-30-24)12-18-11-19(13-34)23-22(18)31-20(16-7-3-1-4-8-16)21(32-23)17-9-5-2-6-10-17/h1-10,14-15,18-19,34H,11-13H2/t18-,19+/m1/s1. The van der Waals surface area contributed by atoms with Crippen molar-refractivity contribution in [1.29, 1.82) is 0 Å². The second-order valence-electron chi connectivity index (χ2n) is 8.47. The van der Waals surface area contributed by atoms with Gasteiger partial charge in [0.2, 0.25) is 0 Å². The fraction of sp³-hybridized carbons (Fsp3) is 0.192. The van der Waals surface area contributed by atoms with Crippen LogP contribution in [0.3, 0.4) is 0 Å². The van der Waals surface area contributed by atoms with E-state index in [1.807, 2.05) is 53.1 Å². The van der Waals surface area contributed by atoms with Crippen LogP contribution in [0.2, 0.25) is 5.15 Å². The number of hydrogen-bond donors (Lipinski definition) is 1. The van der Waals surface area contributed by atoms with Crippen molar-refractivity contribution >= 4 is 22.8 Å². The minimum Gasteiger partial charge on any atom is -0.396 e. The van der Waals surface area contributed by atoms with Crippen molar-refractivity contribution in [1.82, 2.24) is 29.5 Å². The van der Waals surface area contributed by atoms with Crippen LogP contribution in [-0.2, 0) is 6.54 Å². The largest absolute Gasteiger partial charge is 0.396 e.